The molecule has 0 aliphatic heterocycles. The van der Waals surface area contributed by atoms with Gasteiger partial charge in [-0.1, -0.05) is 38.5 Å². The van der Waals surface area contributed by atoms with E-state index in [-0.39, 0.29) is 0 Å². The Morgan fingerprint density at radius 2 is 1.04 bits per heavy atom. The zero-order valence-corrected chi connectivity index (χ0v) is 15.3. The van der Waals surface area contributed by atoms with Crippen LogP contribution in [0.15, 0.2) is 10.3 Å². The minimum absolute atomic E-state index is 0.436. The Bertz CT molecular complexity index is 589. The molecule has 0 N–H and O–H groups in total. The van der Waals surface area contributed by atoms with E-state index in [0.29, 0.717) is 12.1 Å². The van der Waals surface area contributed by atoms with Gasteiger partial charge in [-0.05, 0) is 68.1 Å². The summed E-state index contributed by atoms with van der Waals surface area (Å²) >= 11 is 0. The minimum atomic E-state index is 0.436. The number of hydrogen-bond acceptors (Lipinski definition) is 8. The first kappa shape index (κ1) is 16.3. The summed E-state index contributed by atoms with van der Waals surface area (Å²) < 4.78 is 3.98. The van der Waals surface area contributed by atoms with Gasteiger partial charge in [0.2, 0.25) is 10.3 Å². The van der Waals surface area contributed by atoms with E-state index >= 15 is 0 Å². The molecule has 0 spiro atoms. The smallest absolute Gasteiger partial charge is 0.217 e. The molecule has 0 unspecified atom stereocenters. The summed E-state index contributed by atoms with van der Waals surface area (Å²) in [5.74, 6) is 0. The Morgan fingerprint density at radius 1 is 0.625 bits per heavy atom. The summed E-state index contributed by atoms with van der Waals surface area (Å²) in [5, 5.41) is 26.3. The standard InChI is InChI=1S/C14H22N8S2/c1-3-7-11(8-4-1)21-13(15-17-19-21)23-24-14-16-18-20-22(14)12-9-5-2-6-10-12/h11-12H,1-10H2. The first-order valence-electron chi connectivity index (χ1n) is 8.82. The molecule has 2 aromatic rings. The van der Waals surface area contributed by atoms with E-state index in [2.05, 4.69) is 31.1 Å². The Hall–Kier alpha value is -1.16. The van der Waals surface area contributed by atoms with Crippen LogP contribution < -0.4 is 0 Å². The van der Waals surface area contributed by atoms with Gasteiger partial charge < -0.3 is 0 Å². The molecule has 0 atom stereocenters. The fourth-order valence-corrected chi connectivity index (χ4v) is 5.58. The summed E-state index contributed by atoms with van der Waals surface area (Å²) in [6.45, 7) is 0. The highest BCUT2D eigenvalue weighted by Crippen LogP contribution is 2.39. The molecular formula is C14H22N8S2. The summed E-state index contributed by atoms with van der Waals surface area (Å²) in [4.78, 5) is 0. The highest BCUT2D eigenvalue weighted by Gasteiger charge is 2.23. The molecule has 0 radical (unpaired) electrons. The molecule has 0 saturated heterocycles. The van der Waals surface area contributed by atoms with Crippen LogP contribution in [0.4, 0.5) is 0 Å². The summed E-state index contributed by atoms with van der Waals surface area (Å²) in [6.07, 6.45) is 12.4. The summed E-state index contributed by atoms with van der Waals surface area (Å²) in [7, 11) is 3.13. The molecule has 0 aromatic carbocycles. The molecular weight excluding hydrogens is 344 g/mol. The van der Waals surface area contributed by atoms with Gasteiger partial charge in [0.1, 0.15) is 0 Å². The van der Waals surface area contributed by atoms with Crippen molar-refractivity contribution in [3.8, 4) is 0 Å². The predicted molar refractivity (Wildman–Crippen MR) is 91.6 cm³/mol. The zero-order valence-electron chi connectivity index (χ0n) is 13.6. The van der Waals surface area contributed by atoms with Gasteiger partial charge in [-0.3, -0.25) is 0 Å². The normalized spacial score (nSPS) is 20.5. The topological polar surface area (TPSA) is 87.2 Å². The molecule has 2 heterocycles. The number of aromatic nitrogens is 8. The predicted octanol–water partition coefficient (Wildman–Crippen LogP) is 3.47. The molecule has 2 aliphatic rings. The van der Waals surface area contributed by atoms with Crippen LogP contribution >= 0.6 is 21.6 Å². The molecule has 4 rings (SSSR count). The molecule has 24 heavy (non-hydrogen) atoms. The number of nitrogens with zero attached hydrogens (tertiary/aromatic N) is 8. The lowest BCUT2D eigenvalue weighted by atomic mass is 9.96. The van der Waals surface area contributed by atoms with E-state index < -0.39 is 0 Å². The molecule has 130 valence electrons. The van der Waals surface area contributed by atoms with Gasteiger partial charge in [-0.2, -0.15) is 0 Å². The van der Waals surface area contributed by atoms with Crippen molar-refractivity contribution in [2.24, 2.45) is 0 Å². The monoisotopic (exact) mass is 366 g/mol. The molecule has 2 aliphatic carbocycles. The van der Waals surface area contributed by atoms with E-state index in [9.17, 15) is 0 Å². The minimum Gasteiger partial charge on any atom is -0.217 e. The van der Waals surface area contributed by atoms with Crippen LogP contribution in [0, 0.1) is 0 Å². The molecule has 0 amide bonds. The highest BCUT2D eigenvalue weighted by atomic mass is 33.1. The van der Waals surface area contributed by atoms with Crippen LogP contribution in [0.5, 0.6) is 0 Å². The van der Waals surface area contributed by atoms with Crippen molar-refractivity contribution in [3.05, 3.63) is 0 Å². The van der Waals surface area contributed by atoms with Crippen molar-refractivity contribution in [1.29, 1.82) is 0 Å². The van der Waals surface area contributed by atoms with E-state index in [1.165, 1.54) is 64.2 Å². The first-order valence-corrected chi connectivity index (χ1v) is 11.0. The van der Waals surface area contributed by atoms with Crippen LogP contribution in [-0.4, -0.2) is 40.4 Å². The molecule has 0 bridgehead atoms. The van der Waals surface area contributed by atoms with Crippen molar-refractivity contribution in [1.82, 2.24) is 40.4 Å². The third-order valence-electron chi connectivity index (χ3n) is 4.96. The van der Waals surface area contributed by atoms with Gasteiger partial charge in [-0.25, -0.2) is 9.36 Å². The Labute approximate surface area is 148 Å². The van der Waals surface area contributed by atoms with Crippen LogP contribution in [-0.2, 0) is 0 Å². The number of tetrazole rings is 2. The Morgan fingerprint density at radius 3 is 1.46 bits per heavy atom. The Balaban J connectivity index is 1.42. The van der Waals surface area contributed by atoms with Crippen molar-refractivity contribution in [3.63, 3.8) is 0 Å². The van der Waals surface area contributed by atoms with E-state index in [1.54, 1.807) is 21.6 Å². The maximum absolute atomic E-state index is 4.22. The molecule has 2 aromatic heterocycles. The third kappa shape index (κ3) is 3.58. The second-order valence-electron chi connectivity index (χ2n) is 6.56. The van der Waals surface area contributed by atoms with Gasteiger partial charge >= 0.3 is 0 Å². The zero-order chi connectivity index (χ0) is 16.2. The fourth-order valence-electron chi connectivity index (χ4n) is 3.66. The van der Waals surface area contributed by atoms with Crippen LogP contribution in [0.25, 0.3) is 0 Å². The van der Waals surface area contributed by atoms with Crippen LogP contribution in [0.2, 0.25) is 0 Å². The average molecular weight is 367 g/mol. The quantitative estimate of drug-likeness (QED) is 0.743. The molecule has 8 nitrogen and oxygen atoms in total. The van der Waals surface area contributed by atoms with Crippen molar-refractivity contribution < 1.29 is 0 Å². The molecule has 2 fully saturated rings. The summed E-state index contributed by atoms with van der Waals surface area (Å²) in [5.41, 5.74) is 0. The highest BCUT2D eigenvalue weighted by molar-refractivity contribution is 8.76. The van der Waals surface area contributed by atoms with Crippen molar-refractivity contribution in [2.75, 3.05) is 0 Å². The van der Waals surface area contributed by atoms with E-state index in [0.717, 1.165) is 10.3 Å². The lowest BCUT2D eigenvalue weighted by Crippen LogP contribution is -2.15. The lowest BCUT2D eigenvalue weighted by Gasteiger charge is -2.22. The third-order valence-corrected chi connectivity index (χ3v) is 7.02. The van der Waals surface area contributed by atoms with Crippen LogP contribution in [0.1, 0.15) is 76.3 Å². The first-order chi connectivity index (χ1) is 11.9. The van der Waals surface area contributed by atoms with Gasteiger partial charge in [0, 0.05) is 0 Å². The van der Waals surface area contributed by atoms with Gasteiger partial charge in [-0.15, -0.1) is 10.2 Å². The second kappa shape index (κ2) is 7.81. The van der Waals surface area contributed by atoms with E-state index in [4.69, 9.17) is 0 Å². The van der Waals surface area contributed by atoms with Crippen molar-refractivity contribution >= 4 is 21.6 Å². The number of hydrogen-bond donors (Lipinski definition) is 0. The maximum atomic E-state index is 4.22. The maximum Gasteiger partial charge on any atom is 0.220 e. The second-order valence-corrected chi connectivity index (χ2v) is 8.63. The summed E-state index contributed by atoms with van der Waals surface area (Å²) in [6, 6.07) is 0.873. The number of rotatable bonds is 5. The van der Waals surface area contributed by atoms with Gasteiger partial charge in [0.15, 0.2) is 0 Å². The molecule has 10 heteroatoms. The van der Waals surface area contributed by atoms with Gasteiger partial charge in [0.05, 0.1) is 12.1 Å². The Kier molecular flexibility index (Phi) is 5.31. The molecule has 2 saturated carbocycles. The lowest BCUT2D eigenvalue weighted by molar-refractivity contribution is 0.307. The van der Waals surface area contributed by atoms with Crippen LogP contribution in [0.3, 0.4) is 0 Å². The fraction of sp³-hybridized carbons (Fsp3) is 0.857. The SMILES string of the molecule is C1CCC(n2nnnc2SSc2nnnn2C2CCCCC2)CC1. The largest absolute Gasteiger partial charge is 0.220 e. The van der Waals surface area contributed by atoms with E-state index in [1.807, 2.05) is 9.36 Å². The van der Waals surface area contributed by atoms with Crippen molar-refractivity contribution in [2.45, 2.75) is 86.6 Å². The average Bonchev–Trinajstić information content (AvgIpc) is 3.30. The van der Waals surface area contributed by atoms with Gasteiger partial charge in [0.25, 0.3) is 0 Å².